The van der Waals surface area contributed by atoms with Crippen LogP contribution in [0.5, 0.6) is 0 Å². The molecule has 3 heterocycles. The summed E-state index contributed by atoms with van der Waals surface area (Å²) in [5.74, 6) is -0.258. The van der Waals surface area contributed by atoms with Crippen molar-refractivity contribution < 1.29 is 19.1 Å². The minimum absolute atomic E-state index is 0.231. The van der Waals surface area contributed by atoms with Gasteiger partial charge in [0.25, 0.3) is 11.8 Å². The van der Waals surface area contributed by atoms with Gasteiger partial charge in [-0.1, -0.05) is 6.07 Å². The molecular formula is C21H23N5O4. The summed E-state index contributed by atoms with van der Waals surface area (Å²) in [6.45, 7) is 5.04. The zero-order valence-electron chi connectivity index (χ0n) is 16.7. The fourth-order valence-electron chi connectivity index (χ4n) is 3.71. The molecule has 4 rings (SSSR count). The number of esters is 1. The lowest BCUT2D eigenvalue weighted by Crippen LogP contribution is -2.51. The summed E-state index contributed by atoms with van der Waals surface area (Å²) in [4.78, 5) is 46.8. The van der Waals surface area contributed by atoms with Crippen molar-refractivity contribution in [1.82, 2.24) is 14.8 Å². The van der Waals surface area contributed by atoms with E-state index in [1.165, 1.54) is 11.1 Å². The fraction of sp³-hybridized carbons (Fsp3) is 0.333. The molecule has 1 saturated heterocycles. The Balaban J connectivity index is 1.35. The van der Waals surface area contributed by atoms with Crippen LogP contribution < -0.4 is 10.6 Å². The highest BCUT2D eigenvalue weighted by Crippen LogP contribution is 2.28. The summed E-state index contributed by atoms with van der Waals surface area (Å²) in [6, 6.07) is 8.45. The molecule has 30 heavy (non-hydrogen) atoms. The van der Waals surface area contributed by atoms with Gasteiger partial charge in [0.15, 0.2) is 0 Å². The number of hydrogen-bond donors (Lipinski definition) is 1. The number of aromatic nitrogens is 1. The van der Waals surface area contributed by atoms with Crippen LogP contribution in [0.2, 0.25) is 0 Å². The van der Waals surface area contributed by atoms with Gasteiger partial charge in [-0.15, -0.1) is 0 Å². The first-order valence-corrected chi connectivity index (χ1v) is 9.84. The Morgan fingerprint density at radius 2 is 1.87 bits per heavy atom. The Hall–Kier alpha value is -3.46. The molecule has 0 aliphatic carbocycles. The maximum absolute atomic E-state index is 12.7. The van der Waals surface area contributed by atoms with Crippen molar-refractivity contribution in [2.75, 3.05) is 50.1 Å². The Morgan fingerprint density at radius 3 is 2.50 bits per heavy atom. The lowest BCUT2D eigenvalue weighted by atomic mass is 10.1. The van der Waals surface area contributed by atoms with E-state index in [4.69, 9.17) is 10.5 Å². The van der Waals surface area contributed by atoms with Crippen LogP contribution in [0.1, 0.15) is 38.0 Å². The molecule has 1 aromatic heterocycles. The molecule has 2 aromatic rings. The molecule has 1 fully saturated rings. The van der Waals surface area contributed by atoms with E-state index < -0.39 is 0 Å². The van der Waals surface area contributed by atoms with Crippen molar-refractivity contribution in [3.05, 3.63) is 53.2 Å². The number of nitrogens with zero attached hydrogens (tertiary/aromatic N) is 4. The average Bonchev–Trinajstić information content (AvgIpc) is 3.00. The van der Waals surface area contributed by atoms with Gasteiger partial charge in [0.2, 0.25) is 0 Å². The van der Waals surface area contributed by atoms with Crippen LogP contribution in [-0.2, 0) is 4.74 Å². The van der Waals surface area contributed by atoms with Crippen molar-refractivity contribution in [2.45, 2.75) is 6.92 Å². The second-order valence-electron chi connectivity index (χ2n) is 7.18. The predicted octanol–water partition coefficient (Wildman–Crippen LogP) is 1.22. The van der Waals surface area contributed by atoms with Crippen molar-refractivity contribution in [1.29, 1.82) is 0 Å². The van der Waals surface area contributed by atoms with Gasteiger partial charge >= 0.3 is 5.97 Å². The number of hydrogen-bond acceptors (Lipinski definition) is 8. The minimum Gasteiger partial charge on any atom is -0.462 e. The standard InChI is InChI=1S/C21H23N5O4/c1-2-30-21(29)14-6-7-17(23-12-14)25-10-8-24(9-11-25)13-26-19(27)15-4-3-5-16(22)18(15)20(26)28/h3-7,12H,2,8-11,13,22H2,1H3. The summed E-state index contributed by atoms with van der Waals surface area (Å²) < 4.78 is 4.97. The molecule has 2 N–H and O–H groups in total. The monoisotopic (exact) mass is 409 g/mol. The second kappa shape index (κ2) is 8.11. The number of fused-ring (bicyclic) bond motifs is 1. The maximum atomic E-state index is 12.7. The van der Waals surface area contributed by atoms with Gasteiger partial charge in [0.1, 0.15) is 5.82 Å². The Labute approximate surface area is 174 Å². The Bertz CT molecular complexity index is 983. The van der Waals surface area contributed by atoms with Crippen molar-refractivity contribution in [3.8, 4) is 0 Å². The van der Waals surface area contributed by atoms with E-state index in [9.17, 15) is 14.4 Å². The number of amides is 2. The van der Waals surface area contributed by atoms with Crippen LogP contribution in [0.25, 0.3) is 0 Å². The van der Waals surface area contributed by atoms with Crippen LogP contribution in [0.4, 0.5) is 11.5 Å². The van der Waals surface area contributed by atoms with E-state index in [1.54, 1.807) is 37.3 Å². The van der Waals surface area contributed by atoms with E-state index in [2.05, 4.69) is 14.8 Å². The van der Waals surface area contributed by atoms with E-state index in [0.717, 1.165) is 5.82 Å². The van der Waals surface area contributed by atoms with Gasteiger partial charge in [-0.05, 0) is 31.2 Å². The molecule has 0 bridgehead atoms. The third-order valence-electron chi connectivity index (χ3n) is 5.33. The van der Waals surface area contributed by atoms with Gasteiger partial charge in [-0.2, -0.15) is 0 Å². The molecule has 1 aromatic carbocycles. The lowest BCUT2D eigenvalue weighted by molar-refractivity contribution is 0.0517. The third kappa shape index (κ3) is 3.59. The van der Waals surface area contributed by atoms with Crippen LogP contribution >= 0.6 is 0 Å². The van der Waals surface area contributed by atoms with Crippen LogP contribution in [-0.4, -0.2) is 72.0 Å². The van der Waals surface area contributed by atoms with E-state index in [1.807, 2.05) is 0 Å². The van der Waals surface area contributed by atoms with E-state index in [-0.39, 0.29) is 24.5 Å². The SMILES string of the molecule is CCOC(=O)c1ccc(N2CCN(CN3C(=O)c4cccc(N)c4C3=O)CC2)nc1. The highest BCUT2D eigenvalue weighted by molar-refractivity contribution is 6.23. The number of nitrogen functional groups attached to an aromatic ring is 1. The molecule has 9 nitrogen and oxygen atoms in total. The number of rotatable bonds is 5. The van der Waals surface area contributed by atoms with Gasteiger partial charge in [0.05, 0.1) is 30.0 Å². The molecule has 9 heteroatoms. The van der Waals surface area contributed by atoms with Gasteiger partial charge in [0, 0.05) is 38.1 Å². The second-order valence-corrected chi connectivity index (χ2v) is 7.18. The molecule has 0 spiro atoms. The van der Waals surface area contributed by atoms with Gasteiger partial charge in [-0.25, -0.2) is 9.78 Å². The molecule has 2 amide bonds. The van der Waals surface area contributed by atoms with Gasteiger partial charge in [-0.3, -0.25) is 19.4 Å². The molecular weight excluding hydrogens is 386 g/mol. The van der Waals surface area contributed by atoms with Gasteiger partial charge < -0.3 is 15.4 Å². The highest BCUT2D eigenvalue weighted by atomic mass is 16.5. The molecule has 156 valence electrons. The quantitative estimate of drug-likeness (QED) is 0.446. The van der Waals surface area contributed by atoms with E-state index >= 15 is 0 Å². The highest BCUT2D eigenvalue weighted by Gasteiger charge is 2.38. The number of pyridine rings is 1. The first-order valence-electron chi connectivity index (χ1n) is 9.84. The number of piperazine rings is 1. The first kappa shape index (κ1) is 19.8. The topological polar surface area (TPSA) is 109 Å². The molecule has 2 aliphatic rings. The molecule has 0 radical (unpaired) electrons. The fourth-order valence-corrected chi connectivity index (χ4v) is 3.71. The average molecular weight is 409 g/mol. The first-order chi connectivity index (χ1) is 14.5. The maximum Gasteiger partial charge on any atom is 0.339 e. The summed E-state index contributed by atoms with van der Waals surface area (Å²) in [6.07, 6.45) is 1.52. The summed E-state index contributed by atoms with van der Waals surface area (Å²) >= 11 is 0. The van der Waals surface area contributed by atoms with Crippen molar-refractivity contribution in [3.63, 3.8) is 0 Å². The van der Waals surface area contributed by atoms with Crippen molar-refractivity contribution in [2.24, 2.45) is 0 Å². The summed E-state index contributed by atoms with van der Waals surface area (Å²) in [5.41, 5.74) is 7.31. The smallest absolute Gasteiger partial charge is 0.339 e. The number of carbonyl (C=O) groups is 3. The molecule has 0 saturated carbocycles. The van der Waals surface area contributed by atoms with Crippen LogP contribution in [0.15, 0.2) is 36.5 Å². The Kier molecular flexibility index (Phi) is 5.37. The molecule has 2 aliphatic heterocycles. The van der Waals surface area contributed by atoms with Crippen molar-refractivity contribution >= 4 is 29.3 Å². The minimum atomic E-state index is -0.386. The molecule has 0 unspecified atom stereocenters. The Morgan fingerprint density at radius 1 is 1.10 bits per heavy atom. The number of benzene rings is 1. The zero-order chi connectivity index (χ0) is 21.3. The summed E-state index contributed by atoms with van der Waals surface area (Å²) in [7, 11) is 0. The number of anilines is 2. The lowest BCUT2D eigenvalue weighted by Gasteiger charge is -2.36. The van der Waals surface area contributed by atoms with Crippen LogP contribution in [0.3, 0.4) is 0 Å². The zero-order valence-corrected chi connectivity index (χ0v) is 16.7. The summed E-state index contributed by atoms with van der Waals surface area (Å²) in [5, 5.41) is 0. The predicted molar refractivity (Wildman–Crippen MR) is 110 cm³/mol. The normalized spacial score (nSPS) is 16.7. The molecule has 0 atom stereocenters. The van der Waals surface area contributed by atoms with E-state index in [0.29, 0.717) is 55.2 Å². The number of imide groups is 1. The number of nitrogens with two attached hydrogens (primary N) is 1. The van der Waals surface area contributed by atoms with Crippen LogP contribution in [0, 0.1) is 0 Å². The third-order valence-corrected chi connectivity index (χ3v) is 5.33. The largest absolute Gasteiger partial charge is 0.462 e. The number of ether oxygens (including phenoxy) is 1. The number of carbonyl (C=O) groups excluding carboxylic acids is 3.